The lowest BCUT2D eigenvalue weighted by molar-refractivity contribution is 0.148. The van der Waals surface area contributed by atoms with Crippen LogP contribution in [0.3, 0.4) is 0 Å². The van der Waals surface area contributed by atoms with E-state index >= 15 is 0 Å². The van der Waals surface area contributed by atoms with Gasteiger partial charge in [0.05, 0.1) is 6.10 Å². The molecule has 1 fully saturated rings. The summed E-state index contributed by atoms with van der Waals surface area (Å²) in [7, 11) is 0. The minimum atomic E-state index is -0.140. The van der Waals surface area contributed by atoms with Crippen molar-refractivity contribution in [2.75, 3.05) is 0 Å². The second-order valence-electron chi connectivity index (χ2n) is 3.97. The van der Waals surface area contributed by atoms with Gasteiger partial charge in [0.25, 0.3) is 0 Å². The van der Waals surface area contributed by atoms with E-state index in [4.69, 9.17) is 0 Å². The molecular formula is C12H17NO. The normalized spacial score (nSPS) is 26.6. The quantitative estimate of drug-likeness (QED) is 0.762. The lowest BCUT2D eigenvalue weighted by Crippen LogP contribution is -2.34. The van der Waals surface area contributed by atoms with Crippen molar-refractivity contribution >= 4 is 0 Å². The van der Waals surface area contributed by atoms with Gasteiger partial charge in [-0.2, -0.15) is 0 Å². The zero-order valence-electron chi connectivity index (χ0n) is 8.32. The van der Waals surface area contributed by atoms with Gasteiger partial charge in [0.1, 0.15) is 0 Å². The van der Waals surface area contributed by atoms with Gasteiger partial charge in [-0.3, -0.25) is 0 Å². The Morgan fingerprint density at radius 1 is 1.21 bits per heavy atom. The first-order valence-electron chi connectivity index (χ1n) is 5.31. The number of aliphatic hydroxyl groups excluding tert-OH is 1. The van der Waals surface area contributed by atoms with Crippen molar-refractivity contribution in [1.29, 1.82) is 0 Å². The highest BCUT2D eigenvalue weighted by Gasteiger charge is 2.24. The van der Waals surface area contributed by atoms with Crippen molar-refractivity contribution in [1.82, 2.24) is 5.32 Å². The second kappa shape index (κ2) is 4.58. The SMILES string of the molecule is O[C@@H]1CCC[C@H]1NCc1ccccc1. The molecule has 1 aromatic carbocycles. The number of benzene rings is 1. The predicted octanol–water partition coefficient (Wildman–Crippen LogP) is 1.69. The van der Waals surface area contributed by atoms with E-state index in [2.05, 4.69) is 17.4 Å². The zero-order chi connectivity index (χ0) is 9.80. The topological polar surface area (TPSA) is 32.3 Å². The van der Waals surface area contributed by atoms with E-state index in [1.165, 1.54) is 5.56 Å². The van der Waals surface area contributed by atoms with Crippen LogP contribution in [0.25, 0.3) is 0 Å². The van der Waals surface area contributed by atoms with E-state index in [0.717, 1.165) is 25.8 Å². The summed E-state index contributed by atoms with van der Waals surface area (Å²) in [5.41, 5.74) is 1.28. The van der Waals surface area contributed by atoms with E-state index < -0.39 is 0 Å². The van der Waals surface area contributed by atoms with Crippen LogP contribution in [0.1, 0.15) is 24.8 Å². The van der Waals surface area contributed by atoms with Crippen LogP contribution in [0.15, 0.2) is 30.3 Å². The molecule has 1 aromatic rings. The highest BCUT2D eigenvalue weighted by Crippen LogP contribution is 2.19. The Morgan fingerprint density at radius 2 is 2.00 bits per heavy atom. The van der Waals surface area contributed by atoms with Crippen molar-refractivity contribution in [3.8, 4) is 0 Å². The first-order valence-corrected chi connectivity index (χ1v) is 5.31. The first-order chi connectivity index (χ1) is 6.86. The molecule has 2 N–H and O–H groups in total. The smallest absolute Gasteiger partial charge is 0.0693 e. The van der Waals surface area contributed by atoms with E-state index in [0.29, 0.717) is 6.04 Å². The summed E-state index contributed by atoms with van der Waals surface area (Å²) in [6.07, 6.45) is 3.06. The van der Waals surface area contributed by atoms with Crippen molar-refractivity contribution in [3.63, 3.8) is 0 Å². The van der Waals surface area contributed by atoms with Crippen LogP contribution in [-0.2, 0) is 6.54 Å². The molecule has 2 nitrogen and oxygen atoms in total. The van der Waals surface area contributed by atoms with Gasteiger partial charge in [-0.25, -0.2) is 0 Å². The highest BCUT2D eigenvalue weighted by atomic mass is 16.3. The maximum atomic E-state index is 9.60. The van der Waals surface area contributed by atoms with Gasteiger partial charge in [0, 0.05) is 12.6 Å². The highest BCUT2D eigenvalue weighted by molar-refractivity contribution is 5.14. The third-order valence-corrected chi connectivity index (χ3v) is 2.89. The van der Waals surface area contributed by atoms with Crippen LogP contribution < -0.4 is 5.32 Å². The fourth-order valence-electron chi connectivity index (χ4n) is 2.02. The summed E-state index contributed by atoms with van der Waals surface area (Å²) in [5, 5.41) is 13.0. The van der Waals surface area contributed by atoms with Gasteiger partial charge >= 0.3 is 0 Å². The van der Waals surface area contributed by atoms with E-state index in [1.807, 2.05) is 18.2 Å². The molecule has 2 rings (SSSR count). The van der Waals surface area contributed by atoms with Crippen molar-refractivity contribution < 1.29 is 5.11 Å². The Balaban J connectivity index is 1.82. The molecule has 0 aromatic heterocycles. The number of hydrogen-bond acceptors (Lipinski definition) is 2. The summed E-state index contributed by atoms with van der Waals surface area (Å²) in [6.45, 7) is 0.864. The molecule has 0 spiro atoms. The molecule has 0 bridgehead atoms. The molecular weight excluding hydrogens is 174 g/mol. The molecule has 1 aliphatic rings. The standard InChI is InChI=1S/C12H17NO/c14-12-8-4-7-11(12)13-9-10-5-2-1-3-6-10/h1-3,5-6,11-14H,4,7-9H2/t11-,12-/m1/s1. The third kappa shape index (κ3) is 2.34. The summed E-state index contributed by atoms with van der Waals surface area (Å²) in [5.74, 6) is 0. The summed E-state index contributed by atoms with van der Waals surface area (Å²) in [6, 6.07) is 10.6. The summed E-state index contributed by atoms with van der Waals surface area (Å²) in [4.78, 5) is 0. The fourth-order valence-corrected chi connectivity index (χ4v) is 2.02. The molecule has 1 saturated carbocycles. The van der Waals surface area contributed by atoms with Gasteiger partial charge in [0.15, 0.2) is 0 Å². The molecule has 0 amide bonds. The predicted molar refractivity (Wildman–Crippen MR) is 56.9 cm³/mol. The molecule has 0 heterocycles. The van der Waals surface area contributed by atoms with Gasteiger partial charge in [-0.15, -0.1) is 0 Å². The number of nitrogens with one attached hydrogen (secondary N) is 1. The molecule has 0 unspecified atom stereocenters. The lowest BCUT2D eigenvalue weighted by Gasteiger charge is -2.16. The molecule has 1 aliphatic carbocycles. The third-order valence-electron chi connectivity index (χ3n) is 2.89. The minimum absolute atomic E-state index is 0.140. The van der Waals surface area contributed by atoms with Crippen LogP contribution in [-0.4, -0.2) is 17.3 Å². The summed E-state index contributed by atoms with van der Waals surface area (Å²) >= 11 is 0. The molecule has 14 heavy (non-hydrogen) atoms. The molecule has 2 atom stereocenters. The van der Waals surface area contributed by atoms with Gasteiger partial charge in [0.2, 0.25) is 0 Å². The average Bonchev–Trinajstić information content (AvgIpc) is 2.63. The van der Waals surface area contributed by atoms with Crippen LogP contribution in [0.5, 0.6) is 0 Å². The Labute approximate surface area is 85.0 Å². The Kier molecular flexibility index (Phi) is 3.17. The van der Waals surface area contributed by atoms with Crippen LogP contribution in [0.4, 0.5) is 0 Å². The molecule has 0 radical (unpaired) electrons. The van der Waals surface area contributed by atoms with E-state index in [1.54, 1.807) is 0 Å². The van der Waals surface area contributed by atoms with E-state index in [9.17, 15) is 5.11 Å². The number of hydrogen-bond donors (Lipinski definition) is 2. The molecule has 0 saturated heterocycles. The average molecular weight is 191 g/mol. The Hall–Kier alpha value is -0.860. The van der Waals surface area contributed by atoms with Crippen molar-refractivity contribution in [3.05, 3.63) is 35.9 Å². The number of rotatable bonds is 3. The Bertz CT molecular complexity index is 273. The first kappa shape index (κ1) is 9.69. The number of aliphatic hydroxyl groups is 1. The van der Waals surface area contributed by atoms with Gasteiger partial charge < -0.3 is 10.4 Å². The van der Waals surface area contributed by atoms with Gasteiger partial charge in [-0.1, -0.05) is 30.3 Å². The minimum Gasteiger partial charge on any atom is -0.392 e. The van der Waals surface area contributed by atoms with E-state index in [-0.39, 0.29) is 6.10 Å². The maximum Gasteiger partial charge on any atom is 0.0693 e. The van der Waals surface area contributed by atoms with Crippen molar-refractivity contribution in [2.45, 2.75) is 38.0 Å². The second-order valence-corrected chi connectivity index (χ2v) is 3.97. The maximum absolute atomic E-state index is 9.60. The van der Waals surface area contributed by atoms with Crippen LogP contribution in [0, 0.1) is 0 Å². The Morgan fingerprint density at radius 3 is 2.64 bits per heavy atom. The van der Waals surface area contributed by atoms with Crippen LogP contribution in [0.2, 0.25) is 0 Å². The monoisotopic (exact) mass is 191 g/mol. The lowest BCUT2D eigenvalue weighted by atomic mass is 10.2. The molecule has 0 aliphatic heterocycles. The summed E-state index contributed by atoms with van der Waals surface area (Å²) < 4.78 is 0. The molecule has 2 heteroatoms. The van der Waals surface area contributed by atoms with Crippen LogP contribution >= 0.6 is 0 Å². The zero-order valence-corrected chi connectivity index (χ0v) is 8.32. The molecule has 76 valence electrons. The fraction of sp³-hybridized carbons (Fsp3) is 0.500. The van der Waals surface area contributed by atoms with Crippen molar-refractivity contribution in [2.24, 2.45) is 0 Å². The largest absolute Gasteiger partial charge is 0.392 e. The van der Waals surface area contributed by atoms with Gasteiger partial charge in [-0.05, 0) is 24.8 Å².